The lowest BCUT2D eigenvalue weighted by Gasteiger charge is -1.83. The number of fused-ring (bicyclic) bond motifs is 1. The van der Waals surface area contributed by atoms with Gasteiger partial charge in [-0.1, -0.05) is 17.7 Å². The van der Waals surface area contributed by atoms with Crippen LogP contribution in [0.25, 0.3) is 15.2 Å². The van der Waals surface area contributed by atoms with Crippen LogP contribution in [0.1, 0.15) is 0 Å². The molecular weight excluding hydrogens is 194 g/mol. The van der Waals surface area contributed by atoms with Crippen LogP contribution in [-0.4, -0.2) is 4.98 Å². The summed E-state index contributed by atoms with van der Waals surface area (Å²) < 4.78 is 0.926. The number of hydrogen-bond donors (Lipinski definition) is 0. The highest BCUT2D eigenvalue weighted by molar-refractivity contribution is 7.22. The molecule has 0 saturated carbocycles. The molecular formula is C7H3ClN3S+. The van der Waals surface area contributed by atoms with E-state index in [-0.39, 0.29) is 0 Å². The van der Waals surface area contributed by atoms with Crippen LogP contribution >= 0.6 is 22.9 Å². The van der Waals surface area contributed by atoms with Gasteiger partial charge in [-0.05, 0) is 28.5 Å². The molecule has 58 valence electrons. The average molecular weight is 197 g/mol. The molecule has 1 aromatic carbocycles. The zero-order valence-electron chi connectivity index (χ0n) is 5.86. The Labute approximate surface area is 77.2 Å². The van der Waals surface area contributed by atoms with Crippen molar-refractivity contribution in [3.63, 3.8) is 0 Å². The number of rotatable bonds is 0. The van der Waals surface area contributed by atoms with Crippen LogP contribution in [0.3, 0.4) is 0 Å². The molecule has 0 unspecified atom stereocenters. The van der Waals surface area contributed by atoms with Crippen molar-refractivity contribution in [3.8, 4) is 0 Å². The van der Waals surface area contributed by atoms with Crippen LogP contribution in [0.2, 0.25) is 5.02 Å². The van der Waals surface area contributed by atoms with Crippen molar-refractivity contribution >= 4 is 38.3 Å². The van der Waals surface area contributed by atoms with E-state index in [0.29, 0.717) is 15.7 Å². The smallest absolute Gasteiger partial charge is 0.0794 e. The standard InChI is InChI=1S/C7H3ClN3S/c8-4-2-1-3-5-6(4)10-7(11-9)12-5/h1-3H/q+1. The fourth-order valence-corrected chi connectivity index (χ4v) is 1.99. The average Bonchev–Trinajstić information content (AvgIpc) is 2.49. The van der Waals surface area contributed by atoms with Gasteiger partial charge in [-0.3, -0.25) is 0 Å². The summed E-state index contributed by atoms with van der Waals surface area (Å²) in [5.74, 6) is 0. The molecule has 1 heterocycles. The highest BCUT2D eigenvalue weighted by Gasteiger charge is 2.16. The van der Waals surface area contributed by atoms with Crippen molar-refractivity contribution < 1.29 is 0 Å². The molecule has 0 aliphatic rings. The van der Waals surface area contributed by atoms with E-state index in [0.717, 1.165) is 4.70 Å². The summed E-state index contributed by atoms with van der Waals surface area (Å²) in [5, 5.41) is 9.37. The zero-order chi connectivity index (χ0) is 8.55. The third kappa shape index (κ3) is 1.04. The third-order valence-electron chi connectivity index (χ3n) is 1.44. The number of thiazole rings is 1. The molecule has 0 aliphatic heterocycles. The Hall–Kier alpha value is -1.18. The van der Waals surface area contributed by atoms with Crippen LogP contribution in [0.4, 0.5) is 5.13 Å². The van der Waals surface area contributed by atoms with Crippen LogP contribution < -0.4 is 0 Å². The van der Waals surface area contributed by atoms with Crippen molar-refractivity contribution in [3.05, 3.63) is 28.2 Å². The summed E-state index contributed by atoms with van der Waals surface area (Å²) in [6.07, 6.45) is 0. The molecule has 1 aromatic heterocycles. The number of hydrogen-bond acceptors (Lipinski definition) is 3. The Morgan fingerprint density at radius 3 is 3.00 bits per heavy atom. The lowest BCUT2D eigenvalue weighted by Crippen LogP contribution is -1.67. The summed E-state index contributed by atoms with van der Waals surface area (Å²) in [7, 11) is 0. The molecule has 3 nitrogen and oxygen atoms in total. The number of benzene rings is 1. The molecule has 0 radical (unpaired) electrons. The quantitative estimate of drug-likeness (QED) is 0.606. The van der Waals surface area contributed by atoms with Gasteiger partial charge < -0.3 is 0 Å². The highest BCUT2D eigenvalue weighted by atomic mass is 35.5. The maximum absolute atomic E-state index is 8.46. The summed E-state index contributed by atoms with van der Waals surface area (Å²) in [5.41, 5.74) is 0.692. The number of para-hydroxylation sites is 1. The molecule has 2 aromatic rings. The predicted molar refractivity (Wildman–Crippen MR) is 49.4 cm³/mol. The minimum Gasteiger partial charge on any atom is -0.0794 e. The molecule has 2 rings (SSSR count). The molecule has 0 spiro atoms. The largest absolute Gasteiger partial charge is 0.524 e. The summed E-state index contributed by atoms with van der Waals surface area (Å²) in [6.45, 7) is 0. The van der Waals surface area contributed by atoms with Crippen molar-refractivity contribution in [1.29, 1.82) is 5.39 Å². The first-order chi connectivity index (χ1) is 5.81. The molecule has 0 atom stereocenters. The molecule has 0 aliphatic carbocycles. The third-order valence-corrected chi connectivity index (χ3v) is 2.65. The van der Waals surface area contributed by atoms with Gasteiger partial charge in [0.25, 0.3) is 0 Å². The fraction of sp³-hybridized carbons (Fsp3) is 0. The van der Waals surface area contributed by atoms with E-state index in [1.807, 2.05) is 12.1 Å². The Morgan fingerprint density at radius 2 is 2.33 bits per heavy atom. The minimum absolute atomic E-state index is 0.332. The second-order valence-corrected chi connectivity index (χ2v) is 3.60. The lowest BCUT2D eigenvalue weighted by atomic mass is 10.3. The van der Waals surface area contributed by atoms with E-state index in [4.69, 9.17) is 17.0 Å². The fourth-order valence-electron chi connectivity index (χ4n) is 0.946. The van der Waals surface area contributed by atoms with Gasteiger partial charge in [0.2, 0.25) is 5.52 Å². The number of halogens is 1. The first-order valence-electron chi connectivity index (χ1n) is 3.21. The molecule has 0 saturated heterocycles. The SMILES string of the molecule is N#[N+]c1nc2c(Cl)cccc2s1. The minimum atomic E-state index is 0.332. The highest BCUT2D eigenvalue weighted by Crippen LogP contribution is 2.31. The molecule has 0 N–H and O–H groups in total. The van der Waals surface area contributed by atoms with Gasteiger partial charge in [0.1, 0.15) is 0 Å². The van der Waals surface area contributed by atoms with E-state index < -0.39 is 0 Å². The molecule has 0 bridgehead atoms. The normalized spacial score (nSPS) is 10.0. The van der Waals surface area contributed by atoms with E-state index in [9.17, 15) is 0 Å². The number of nitrogens with zero attached hydrogens (tertiary/aromatic N) is 3. The lowest BCUT2D eigenvalue weighted by molar-refractivity contribution is 1.42. The molecule has 0 fully saturated rings. The Kier molecular flexibility index (Phi) is 1.68. The van der Waals surface area contributed by atoms with Crippen LogP contribution in [0.15, 0.2) is 18.2 Å². The van der Waals surface area contributed by atoms with E-state index in [2.05, 4.69) is 9.96 Å². The summed E-state index contributed by atoms with van der Waals surface area (Å²) in [4.78, 5) is 7.00. The van der Waals surface area contributed by atoms with E-state index >= 15 is 0 Å². The summed E-state index contributed by atoms with van der Waals surface area (Å²) >= 11 is 7.15. The van der Waals surface area contributed by atoms with Crippen LogP contribution in [0, 0.1) is 5.39 Å². The van der Waals surface area contributed by atoms with Crippen molar-refractivity contribution in [2.75, 3.05) is 0 Å². The Bertz CT molecular complexity index is 471. The second-order valence-electron chi connectivity index (χ2n) is 2.18. The maximum Gasteiger partial charge on any atom is 0.524 e. The maximum atomic E-state index is 8.46. The van der Waals surface area contributed by atoms with Gasteiger partial charge in [0, 0.05) is 4.98 Å². The number of aromatic nitrogens is 1. The number of diazo groups is 1. The van der Waals surface area contributed by atoms with Gasteiger partial charge in [0.05, 0.1) is 15.1 Å². The Balaban J connectivity index is 2.85. The first-order valence-corrected chi connectivity index (χ1v) is 4.41. The summed E-state index contributed by atoms with van der Waals surface area (Å²) in [6, 6.07) is 5.47. The Morgan fingerprint density at radius 1 is 1.50 bits per heavy atom. The zero-order valence-corrected chi connectivity index (χ0v) is 7.43. The van der Waals surface area contributed by atoms with Crippen molar-refractivity contribution in [2.45, 2.75) is 0 Å². The monoisotopic (exact) mass is 196 g/mol. The second kappa shape index (κ2) is 2.70. The van der Waals surface area contributed by atoms with Crippen molar-refractivity contribution in [2.24, 2.45) is 0 Å². The van der Waals surface area contributed by atoms with Gasteiger partial charge in [-0.15, -0.1) is 0 Å². The molecule has 0 amide bonds. The van der Waals surface area contributed by atoms with Crippen LogP contribution in [0.5, 0.6) is 0 Å². The van der Waals surface area contributed by atoms with Gasteiger partial charge in [0.15, 0.2) is 0 Å². The first kappa shape index (κ1) is 7.47. The topological polar surface area (TPSA) is 41.0 Å². The van der Waals surface area contributed by atoms with Gasteiger partial charge in [-0.2, -0.15) is 0 Å². The van der Waals surface area contributed by atoms with Crippen molar-refractivity contribution in [1.82, 2.24) is 4.98 Å². The van der Waals surface area contributed by atoms with E-state index in [1.165, 1.54) is 11.3 Å². The van der Waals surface area contributed by atoms with Gasteiger partial charge in [-0.25, -0.2) is 0 Å². The molecule has 12 heavy (non-hydrogen) atoms. The van der Waals surface area contributed by atoms with Gasteiger partial charge >= 0.3 is 5.13 Å². The molecule has 5 heteroatoms. The van der Waals surface area contributed by atoms with E-state index in [1.54, 1.807) is 6.07 Å². The predicted octanol–water partition coefficient (Wildman–Crippen LogP) is 3.43. The van der Waals surface area contributed by atoms with Crippen LogP contribution in [-0.2, 0) is 0 Å².